The first kappa shape index (κ1) is 16.4. The van der Waals surface area contributed by atoms with Gasteiger partial charge in [0, 0.05) is 11.6 Å². The predicted octanol–water partition coefficient (Wildman–Crippen LogP) is 4.15. The van der Waals surface area contributed by atoms with Crippen LogP contribution in [-0.4, -0.2) is 30.4 Å². The molecule has 0 radical (unpaired) electrons. The van der Waals surface area contributed by atoms with Gasteiger partial charge in [-0.2, -0.15) is 0 Å². The molecule has 3 rings (SSSR count). The molecule has 1 atom stereocenters. The average molecular weight is 353 g/mol. The lowest BCUT2D eigenvalue weighted by atomic mass is 10.1. The Morgan fingerprint density at radius 3 is 2.74 bits per heavy atom. The van der Waals surface area contributed by atoms with Gasteiger partial charge >= 0.3 is 0 Å². The summed E-state index contributed by atoms with van der Waals surface area (Å²) >= 11 is 12.0. The van der Waals surface area contributed by atoms with Gasteiger partial charge in [0.25, 0.3) is 5.91 Å². The molecule has 6 heteroatoms. The molecule has 1 aromatic heterocycles. The van der Waals surface area contributed by atoms with E-state index in [1.54, 1.807) is 24.5 Å². The minimum absolute atomic E-state index is 0.0365. The fraction of sp³-hybridized carbons (Fsp3) is 0.353. The van der Waals surface area contributed by atoms with Crippen LogP contribution >= 0.6 is 23.2 Å². The van der Waals surface area contributed by atoms with Crippen molar-refractivity contribution < 1.29 is 9.21 Å². The highest BCUT2D eigenvalue weighted by atomic mass is 35.5. The first-order chi connectivity index (χ1) is 11.1. The molecule has 2 heterocycles. The van der Waals surface area contributed by atoms with Gasteiger partial charge in [0.1, 0.15) is 5.76 Å². The largest absolute Gasteiger partial charge is 0.468 e. The number of hydrogen-bond donors (Lipinski definition) is 1. The van der Waals surface area contributed by atoms with Crippen molar-refractivity contribution in [3.05, 3.63) is 58.0 Å². The number of halogens is 2. The van der Waals surface area contributed by atoms with E-state index >= 15 is 0 Å². The standard InChI is InChI=1S/C17H18Cl2N2O2/c18-12-5-6-14(19)13(10-12)17(22)20-11-15(16-4-3-9-23-16)21-7-1-2-8-21/h3-6,9-10,15H,1-2,7-8,11H2,(H,20,22). The quantitative estimate of drug-likeness (QED) is 0.878. The summed E-state index contributed by atoms with van der Waals surface area (Å²) in [4.78, 5) is 14.7. The van der Waals surface area contributed by atoms with Crippen molar-refractivity contribution in [1.29, 1.82) is 0 Å². The number of furan rings is 1. The molecular weight excluding hydrogens is 335 g/mol. The van der Waals surface area contributed by atoms with Crippen LogP contribution in [0.15, 0.2) is 41.0 Å². The zero-order chi connectivity index (χ0) is 16.2. The lowest BCUT2D eigenvalue weighted by Crippen LogP contribution is -2.36. The third-order valence-electron chi connectivity index (χ3n) is 4.08. The number of hydrogen-bond acceptors (Lipinski definition) is 3. The Kier molecular flexibility index (Phi) is 5.26. The maximum Gasteiger partial charge on any atom is 0.252 e. The Morgan fingerprint density at radius 2 is 2.04 bits per heavy atom. The summed E-state index contributed by atoms with van der Waals surface area (Å²) < 4.78 is 5.55. The van der Waals surface area contributed by atoms with Crippen LogP contribution in [-0.2, 0) is 0 Å². The number of carbonyl (C=O) groups is 1. The molecule has 1 amide bonds. The molecule has 4 nitrogen and oxygen atoms in total. The molecule has 1 aliphatic heterocycles. The summed E-state index contributed by atoms with van der Waals surface area (Å²) in [5, 5.41) is 3.83. The van der Waals surface area contributed by atoms with E-state index in [-0.39, 0.29) is 11.9 Å². The Morgan fingerprint density at radius 1 is 1.26 bits per heavy atom. The maximum atomic E-state index is 12.4. The van der Waals surface area contributed by atoms with Crippen LogP contribution in [0, 0.1) is 0 Å². The van der Waals surface area contributed by atoms with Crippen LogP contribution in [0.1, 0.15) is 35.0 Å². The van der Waals surface area contributed by atoms with E-state index < -0.39 is 0 Å². The molecule has 1 saturated heterocycles. The van der Waals surface area contributed by atoms with Crippen LogP contribution in [0.3, 0.4) is 0 Å². The van der Waals surface area contributed by atoms with Crippen molar-refractivity contribution >= 4 is 29.1 Å². The number of amides is 1. The van der Waals surface area contributed by atoms with E-state index in [9.17, 15) is 4.79 Å². The second-order valence-corrected chi connectivity index (χ2v) is 6.45. The third kappa shape index (κ3) is 3.89. The molecule has 1 unspecified atom stereocenters. The SMILES string of the molecule is O=C(NCC(c1ccco1)N1CCCC1)c1cc(Cl)ccc1Cl. The molecule has 0 aliphatic carbocycles. The number of benzene rings is 1. The van der Waals surface area contributed by atoms with Crippen molar-refractivity contribution in [2.75, 3.05) is 19.6 Å². The summed E-state index contributed by atoms with van der Waals surface area (Å²) in [5.74, 6) is 0.637. The summed E-state index contributed by atoms with van der Waals surface area (Å²) in [6, 6.07) is 8.72. The van der Waals surface area contributed by atoms with Gasteiger partial charge < -0.3 is 9.73 Å². The summed E-state index contributed by atoms with van der Waals surface area (Å²) in [6.45, 7) is 2.49. The zero-order valence-corrected chi connectivity index (χ0v) is 14.1. The van der Waals surface area contributed by atoms with Gasteiger partial charge in [-0.25, -0.2) is 0 Å². The third-order valence-corrected chi connectivity index (χ3v) is 4.65. The number of nitrogens with one attached hydrogen (secondary N) is 1. The number of nitrogens with zero attached hydrogens (tertiary/aromatic N) is 1. The monoisotopic (exact) mass is 352 g/mol. The van der Waals surface area contributed by atoms with Crippen molar-refractivity contribution in [2.24, 2.45) is 0 Å². The van der Waals surface area contributed by atoms with Gasteiger partial charge in [0.05, 0.1) is 22.9 Å². The molecule has 122 valence electrons. The molecule has 0 bridgehead atoms. The van der Waals surface area contributed by atoms with Gasteiger partial charge in [0.2, 0.25) is 0 Å². The Bertz CT molecular complexity index is 667. The topological polar surface area (TPSA) is 45.5 Å². The maximum absolute atomic E-state index is 12.4. The molecule has 1 aliphatic rings. The van der Waals surface area contributed by atoms with Crippen LogP contribution in [0.4, 0.5) is 0 Å². The molecule has 2 aromatic rings. The summed E-state index contributed by atoms with van der Waals surface area (Å²) in [5.41, 5.74) is 0.388. The fourth-order valence-corrected chi connectivity index (χ4v) is 3.28. The summed E-state index contributed by atoms with van der Waals surface area (Å²) in [7, 11) is 0. The van der Waals surface area contributed by atoms with Crippen LogP contribution in [0.2, 0.25) is 10.0 Å². The fourth-order valence-electron chi connectivity index (χ4n) is 2.90. The first-order valence-electron chi connectivity index (χ1n) is 7.66. The lowest BCUT2D eigenvalue weighted by molar-refractivity contribution is 0.0934. The number of rotatable bonds is 5. The molecule has 1 N–H and O–H groups in total. The molecular formula is C17H18Cl2N2O2. The Labute approximate surface area is 145 Å². The van der Waals surface area contributed by atoms with E-state index in [1.165, 1.54) is 12.8 Å². The highest BCUT2D eigenvalue weighted by Gasteiger charge is 2.26. The van der Waals surface area contributed by atoms with Gasteiger partial charge in [-0.15, -0.1) is 0 Å². The van der Waals surface area contributed by atoms with Crippen molar-refractivity contribution in [1.82, 2.24) is 10.2 Å². The molecule has 0 saturated carbocycles. The molecule has 1 fully saturated rings. The Balaban J connectivity index is 1.71. The average Bonchev–Trinajstić information content (AvgIpc) is 3.23. The minimum Gasteiger partial charge on any atom is -0.468 e. The predicted molar refractivity (Wildman–Crippen MR) is 91.1 cm³/mol. The van der Waals surface area contributed by atoms with E-state index in [0.29, 0.717) is 22.2 Å². The number of carbonyl (C=O) groups excluding carboxylic acids is 1. The normalized spacial score (nSPS) is 16.4. The van der Waals surface area contributed by atoms with Crippen LogP contribution < -0.4 is 5.32 Å². The van der Waals surface area contributed by atoms with Crippen LogP contribution in [0.5, 0.6) is 0 Å². The van der Waals surface area contributed by atoms with Crippen LogP contribution in [0.25, 0.3) is 0 Å². The van der Waals surface area contributed by atoms with Crippen molar-refractivity contribution in [2.45, 2.75) is 18.9 Å². The van der Waals surface area contributed by atoms with Gasteiger partial charge in [-0.3, -0.25) is 9.69 Å². The van der Waals surface area contributed by atoms with E-state index in [4.69, 9.17) is 27.6 Å². The highest BCUT2D eigenvalue weighted by Crippen LogP contribution is 2.25. The van der Waals surface area contributed by atoms with E-state index in [1.807, 2.05) is 12.1 Å². The molecule has 1 aromatic carbocycles. The second-order valence-electron chi connectivity index (χ2n) is 5.61. The smallest absolute Gasteiger partial charge is 0.252 e. The molecule has 0 spiro atoms. The highest BCUT2D eigenvalue weighted by molar-refractivity contribution is 6.35. The lowest BCUT2D eigenvalue weighted by Gasteiger charge is -2.26. The zero-order valence-electron chi connectivity index (χ0n) is 12.6. The van der Waals surface area contributed by atoms with Gasteiger partial charge in [-0.05, 0) is 56.3 Å². The van der Waals surface area contributed by atoms with E-state index in [0.717, 1.165) is 18.8 Å². The molecule has 23 heavy (non-hydrogen) atoms. The summed E-state index contributed by atoms with van der Waals surface area (Å²) in [6.07, 6.45) is 4.00. The van der Waals surface area contributed by atoms with Crippen molar-refractivity contribution in [3.8, 4) is 0 Å². The number of likely N-dealkylation sites (tertiary alicyclic amines) is 1. The van der Waals surface area contributed by atoms with E-state index in [2.05, 4.69) is 10.2 Å². The minimum atomic E-state index is -0.228. The second kappa shape index (κ2) is 7.39. The van der Waals surface area contributed by atoms with Gasteiger partial charge in [0.15, 0.2) is 0 Å². The first-order valence-corrected chi connectivity index (χ1v) is 8.41. The van der Waals surface area contributed by atoms with Gasteiger partial charge in [-0.1, -0.05) is 23.2 Å². The Hall–Kier alpha value is -1.49. The van der Waals surface area contributed by atoms with Crippen molar-refractivity contribution in [3.63, 3.8) is 0 Å².